The third kappa shape index (κ3) is 2.76. The van der Waals surface area contributed by atoms with Crippen molar-refractivity contribution < 1.29 is 14.6 Å². The van der Waals surface area contributed by atoms with Crippen molar-refractivity contribution >= 4 is 23.1 Å². The number of ether oxygens (including phenoxy) is 1. The highest BCUT2D eigenvalue weighted by atomic mass is 16.5. The molecule has 3 aromatic rings. The number of fused-ring (bicyclic) bond motifs is 1. The fraction of sp³-hybridized carbons (Fsp3) is 0.125. The van der Waals surface area contributed by atoms with Crippen LogP contribution in [0.2, 0.25) is 0 Å². The molecule has 7 heteroatoms. The largest absolute Gasteiger partial charge is 0.494 e. The topological polar surface area (TPSA) is 88.5 Å². The second-order valence-corrected chi connectivity index (χ2v) is 4.90. The highest BCUT2D eigenvalue weighted by Crippen LogP contribution is 2.30. The Balaban J connectivity index is 2.14. The van der Waals surface area contributed by atoms with Gasteiger partial charge in [0.15, 0.2) is 11.5 Å². The van der Waals surface area contributed by atoms with Gasteiger partial charge in [-0.05, 0) is 30.7 Å². The molecule has 0 saturated carbocycles. The number of imidazole rings is 1. The van der Waals surface area contributed by atoms with Crippen molar-refractivity contribution in [2.75, 3.05) is 7.11 Å². The SMILES string of the molecule is COc1ccccc1N=Nc1c(C(=O)O)nc2ccc(C)cn12. The maximum Gasteiger partial charge on any atom is 0.358 e. The lowest BCUT2D eigenvalue weighted by molar-refractivity contribution is 0.0692. The van der Waals surface area contributed by atoms with E-state index in [0.29, 0.717) is 17.1 Å². The number of carboxylic acid groups (broad SMARTS) is 1. The molecular formula is C16H14N4O3. The molecule has 0 spiro atoms. The number of carboxylic acids is 1. The molecule has 0 saturated heterocycles. The van der Waals surface area contributed by atoms with E-state index in [4.69, 9.17) is 4.74 Å². The van der Waals surface area contributed by atoms with Crippen molar-refractivity contribution in [3.05, 3.63) is 53.9 Å². The smallest absolute Gasteiger partial charge is 0.358 e. The Kier molecular flexibility index (Phi) is 3.76. The van der Waals surface area contributed by atoms with Gasteiger partial charge in [-0.3, -0.25) is 4.40 Å². The molecule has 7 nitrogen and oxygen atoms in total. The third-order valence-corrected chi connectivity index (χ3v) is 3.28. The van der Waals surface area contributed by atoms with E-state index in [0.717, 1.165) is 5.56 Å². The Morgan fingerprint density at radius 1 is 1.22 bits per heavy atom. The van der Waals surface area contributed by atoms with E-state index in [-0.39, 0.29) is 11.5 Å². The first kappa shape index (κ1) is 14.7. The molecule has 0 radical (unpaired) electrons. The van der Waals surface area contributed by atoms with Crippen molar-refractivity contribution in [3.8, 4) is 5.75 Å². The van der Waals surface area contributed by atoms with Crippen LogP contribution in [0.5, 0.6) is 5.75 Å². The summed E-state index contributed by atoms with van der Waals surface area (Å²) in [5.74, 6) is -0.430. The number of rotatable bonds is 4. The minimum Gasteiger partial charge on any atom is -0.494 e. The Morgan fingerprint density at radius 2 is 2.00 bits per heavy atom. The Hall–Kier alpha value is -3.22. The zero-order valence-corrected chi connectivity index (χ0v) is 12.6. The van der Waals surface area contributed by atoms with E-state index in [9.17, 15) is 9.90 Å². The summed E-state index contributed by atoms with van der Waals surface area (Å²) in [5.41, 5.74) is 1.82. The fourth-order valence-electron chi connectivity index (χ4n) is 2.19. The summed E-state index contributed by atoms with van der Waals surface area (Å²) in [6, 6.07) is 10.7. The fourth-order valence-corrected chi connectivity index (χ4v) is 2.19. The zero-order valence-electron chi connectivity index (χ0n) is 12.6. The Morgan fingerprint density at radius 3 is 2.74 bits per heavy atom. The first-order chi connectivity index (χ1) is 11.1. The number of pyridine rings is 1. The van der Waals surface area contributed by atoms with Gasteiger partial charge in [0.25, 0.3) is 0 Å². The number of aryl methyl sites for hydroxylation is 1. The minimum absolute atomic E-state index is 0.144. The predicted molar refractivity (Wildman–Crippen MR) is 84.1 cm³/mol. The van der Waals surface area contributed by atoms with Crippen molar-refractivity contribution in [1.29, 1.82) is 0 Å². The second-order valence-electron chi connectivity index (χ2n) is 4.90. The number of aromatic nitrogens is 2. The maximum atomic E-state index is 11.4. The van der Waals surface area contributed by atoms with Crippen LogP contribution in [0.15, 0.2) is 52.8 Å². The van der Waals surface area contributed by atoms with Gasteiger partial charge in [-0.25, -0.2) is 9.78 Å². The molecule has 0 aliphatic carbocycles. The highest BCUT2D eigenvalue weighted by Gasteiger charge is 2.18. The van der Waals surface area contributed by atoms with Gasteiger partial charge in [0.2, 0.25) is 0 Å². The van der Waals surface area contributed by atoms with Gasteiger partial charge in [-0.1, -0.05) is 18.2 Å². The monoisotopic (exact) mass is 310 g/mol. The summed E-state index contributed by atoms with van der Waals surface area (Å²) in [7, 11) is 1.54. The van der Waals surface area contributed by atoms with E-state index in [2.05, 4.69) is 15.2 Å². The molecule has 0 amide bonds. The molecule has 0 fully saturated rings. The van der Waals surface area contributed by atoms with Crippen molar-refractivity contribution in [2.45, 2.75) is 6.92 Å². The maximum absolute atomic E-state index is 11.4. The van der Waals surface area contributed by atoms with E-state index >= 15 is 0 Å². The molecule has 1 N–H and O–H groups in total. The molecule has 1 aromatic carbocycles. The lowest BCUT2D eigenvalue weighted by Crippen LogP contribution is -1.96. The van der Waals surface area contributed by atoms with Crippen LogP contribution in [0.25, 0.3) is 5.65 Å². The van der Waals surface area contributed by atoms with Gasteiger partial charge in [-0.2, -0.15) is 0 Å². The molecule has 0 aliphatic heterocycles. The van der Waals surface area contributed by atoms with E-state index in [1.54, 1.807) is 34.9 Å². The molecule has 0 bridgehead atoms. The summed E-state index contributed by atoms with van der Waals surface area (Å²) in [5, 5.41) is 17.6. The first-order valence-corrected chi connectivity index (χ1v) is 6.87. The summed E-state index contributed by atoms with van der Waals surface area (Å²) >= 11 is 0. The van der Waals surface area contributed by atoms with Gasteiger partial charge < -0.3 is 9.84 Å². The number of aromatic carboxylic acids is 1. The average molecular weight is 310 g/mol. The van der Waals surface area contributed by atoms with E-state index < -0.39 is 5.97 Å². The molecule has 2 aromatic heterocycles. The predicted octanol–water partition coefficient (Wildman–Crippen LogP) is 3.76. The number of benzene rings is 1. The quantitative estimate of drug-likeness (QED) is 0.743. The zero-order chi connectivity index (χ0) is 16.4. The van der Waals surface area contributed by atoms with Crippen LogP contribution >= 0.6 is 0 Å². The summed E-state index contributed by atoms with van der Waals surface area (Å²) in [6.07, 6.45) is 1.77. The van der Waals surface area contributed by atoms with Crippen molar-refractivity contribution in [3.63, 3.8) is 0 Å². The Bertz CT molecular complexity index is 915. The number of hydrogen-bond donors (Lipinski definition) is 1. The van der Waals surface area contributed by atoms with Crippen molar-refractivity contribution in [1.82, 2.24) is 9.38 Å². The van der Waals surface area contributed by atoms with Gasteiger partial charge in [0.1, 0.15) is 17.1 Å². The normalized spacial score (nSPS) is 11.2. The van der Waals surface area contributed by atoms with Crippen LogP contribution in [-0.2, 0) is 0 Å². The van der Waals surface area contributed by atoms with Gasteiger partial charge in [-0.15, -0.1) is 10.2 Å². The molecule has 0 atom stereocenters. The molecule has 0 unspecified atom stereocenters. The summed E-state index contributed by atoms with van der Waals surface area (Å²) < 4.78 is 6.82. The molecule has 23 heavy (non-hydrogen) atoms. The van der Waals surface area contributed by atoms with Gasteiger partial charge in [0, 0.05) is 6.20 Å². The minimum atomic E-state index is -1.15. The average Bonchev–Trinajstić information content (AvgIpc) is 2.91. The van der Waals surface area contributed by atoms with Gasteiger partial charge >= 0.3 is 5.97 Å². The number of azo groups is 1. The number of carbonyl (C=O) groups is 1. The van der Waals surface area contributed by atoms with Gasteiger partial charge in [0.05, 0.1) is 7.11 Å². The highest BCUT2D eigenvalue weighted by molar-refractivity contribution is 5.91. The number of para-hydroxylation sites is 1. The number of hydrogen-bond acceptors (Lipinski definition) is 5. The second kappa shape index (κ2) is 5.88. The number of nitrogens with zero attached hydrogens (tertiary/aromatic N) is 4. The summed E-state index contributed by atoms with van der Waals surface area (Å²) in [4.78, 5) is 15.5. The van der Waals surface area contributed by atoms with Crippen LogP contribution in [0.1, 0.15) is 16.1 Å². The van der Waals surface area contributed by atoms with Crippen LogP contribution in [0.3, 0.4) is 0 Å². The number of methoxy groups -OCH3 is 1. The molecule has 0 aliphatic rings. The molecular weight excluding hydrogens is 296 g/mol. The third-order valence-electron chi connectivity index (χ3n) is 3.28. The lowest BCUT2D eigenvalue weighted by Gasteiger charge is -2.02. The van der Waals surface area contributed by atoms with Crippen LogP contribution < -0.4 is 4.74 Å². The first-order valence-electron chi connectivity index (χ1n) is 6.87. The summed E-state index contributed by atoms with van der Waals surface area (Å²) in [6.45, 7) is 1.90. The standard InChI is InChI=1S/C16H14N4O3/c1-10-7-8-13-17-14(16(21)22)15(20(13)9-10)19-18-11-5-3-4-6-12(11)23-2/h3-9H,1-2H3,(H,21,22). The lowest BCUT2D eigenvalue weighted by atomic mass is 10.3. The van der Waals surface area contributed by atoms with E-state index in [1.165, 1.54) is 7.11 Å². The molecule has 2 heterocycles. The van der Waals surface area contributed by atoms with E-state index in [1.807, 2.05) is 19.1 Å². The Labute approximate surface area is 131 Å². The van der Waals surface area contributed by atoms with Crippen LogP contribution in [0.4, 0.5) is 11.5 Å². The van der Waals surface area contributed by atoms with Crippen LogP contribution in [-0.4, -0.2) is 27.6 Å². The van der Waals surface area contributed by atoms with Crippen LogP contribution in [0, 0.1) is 6.92 Å². The van der Waals surface area contributed by atoms with Crippen molar-refractivity contribution in [2.24, 2.45) is 10.2 Å². The molecule has 116 valence electrons. The molecule has 3 rings (SSSR count).